The monoisotopic (exact) mass is 543 g/mol. The van der Waals surface area contributed by atoms with Crippen molar-refractivity contribution in [3.63, 3.8) is 0 Å². The number of nitrogens with zero attached hydrogens (tertiary/aromatic N) is 4. The lowest BCUT2D eigenvalue weighted by Crippen LogP contribution is -2.29. The van der Waals surface area contributed by atoms with Gasteiger partial charge in [-0.15, -0.1) is 0 Å². The highest BCUT2D eigenvalue weighted by atomic mass is 79.9. The fraction of sp³-hybridized carbons (Fsp3) is 0.375. The van der Waals surface area contributed by atoms with Crippen molar-refractivity contribution in [2.45, 2.75) is 44.3 Å². The van der Waals surface area contributed by atoms with E-state index >= 15 is 0 Å². The third kappa shape index (κ3) is 3.71. The van der Waals surface area contributed by atoms with Crippen LogP contribution in [0.25, 0.3) is 21.9 Å². The molecule has 3 aromatic heterocycles. The molecule has 176 valence electrons. The van der Waals surface area contributed by atoms with Gasteiger partial charge in [0.25, 0.3) is 0 Å². The molecular formula is C24H23BrClN5O3. The first kappa shape index (κ1) is 22.0. The zero-order valence-corrected chi connectivity index (χ0v) is 21.0. The van der Waals surface area contributed by atoms with E-state index < -0.39 is 5.79 Å². The van der Waals surface area contributed by atoms with Gasteiger partial charge in [-0.25, -0.2) is 15.0 Å². The van der Waals surface area contributed by atoms with Crippen molar-refractivity contribution in [1.82, 2.24) is 19.5 Å². The summed E-state index contributed by atoms with van der Waals surface area (Å²) < 4.78 is 21.8. The van der Waals surface area contributed by atoms with Gasteiger partial charge in [0.2, 0.25) is 0 Å². The number of nitrogen functional groups attached to an aromatic ring is 1. The average molecular weight is 545 g/mol. The van der Waals surface area contributed by atoms with Crippen LogP contribution in [0.2, 0.25) is 5.15 Å². The van der Waals surface area contributed by atoms with E-state index in [1.54, 1.807) is 0 Å². The smallest absolute Gasteiger partial charge is 0.163 e. The summed E-state index contributed by atoms with van der Waals surface area (Å²) in [6, 6.07) is 9.79. The highest BCUT2D eigenvalue weighted by Gasteiger charge is 2.55. The van der Waals surface area contributed by atoms with Crippen molar-refractivity contribution in [2.75, 3.05) is 12.3 Å². The van der Waals surface area contributed by atoms with E-state index in [-0.39, 0.29) is 24.2 Å². The van der Waals surface area contributed by atoms with Crippen molar-refractivity contribution < 1.29 is 14.2 Å². The zero-order valence-electron chi connectivity index (χ0n) is 18.6. The first-order valence-electron chi connectivity index (χ1n) is 11.1. The second-order valence-electron chi connectivity index (χ2n) is 9.27. The predicted octanol–water partition coefficient (Wildman–Crippen LogP) is 5.14. The third-order valence-electron chi connectivity index (χ3n) is 6.60. The SMILES string of the molecule is CC1(C)O[C@@H]2[C@@H](COc3ccc4cc(Br)c(N)nc4c3)C[C@@H](n3ccc4c(Cl)ncnc43)[C@@H]2O1. The number of halogens is 2. The molecule has 2 fully saturated rings. The van der Waals surface area contributed by atoms with Crippen LogP contribution in [0.4, 0.5) is 5.82 Å². The Balaban J connectivity index is 1.27. The van der Waals surface area contributed by atoms with Crippen LogP contribution in [0.1, 0.15) is 26.3 Å². The number of ether oxygens (including phenoxy) is 3. The molecule has 4 heterocycles. The average Bonchev–Trinajstić information content (AvgIpc) is 3.45. The van der Waals surface area contributed by atoms with Gasteiger partial charge in [-0.3, -0.25) is 0 Å². The Kier molecular flexibility index (Phi) is 5.22. The van der Waals surface area contributed by atoms with Crippen LogP contribution >= 0.6 is 27.5 Å². The molecule has 2 aliphatic rings. The lowest BCUT2D eigenvalue weighted by atomic mass is 10.1. The summed E-state index contributed by atoms with van der Waals surface area (Å²) in [5.41, 5.74) is 7.54. The molecule has 8 nitrogen and oxygen atoms in total. The number of benzene rings is 1. The Hall–Kier alpha value is -2.46. The third-order valence-corrected chi connectivity index (χ3v) is 7.54. The van der Waals surface area contributed by atoms with Crippen LogP contribution in [0, 0.1) is 5.92 Å². The predicted molar refractivity (Wildman–Crippen MR) is 133 cm³/mol. The molecule has 0 bridgehead atoms. The molecule has 1 saturated carbocycles. The van der Waals surface area contributed by atoms with E-state index in [0.29, 0.717) is 17.6 Å². The van der Waals surface area contributed by atoms with E-state index in [0.717, 1.165) is 38.6 Å². The number of fused-ring (bicyclic) bond motifs is 3. The van der Waals surface area contributed by atoms with Gasteiger partial charge in [0.1, 0.15) is 34.8 Å². The van der Waals surface area contributed by atoms with E-state index in [2.05, 4.69) is 35.4 Å². The maximum atomic E-state index is 6.35. The van der Waals surface area contributed by atoms with Gasteiger partial charge in [-0.2, -0.15) is 0 Å². The summed E-state index contributed by atoms with van der Waals surface area (Å²) in [7, 11) is 0. The van der Waals surface area contributed by atoms with Gasteiger partial charge >= 0.3 is 0 Å². The van der Waals surface area contributed by atoms with Crippen molar-refractivity contribution in [3.8, 4) is 5.75 Å². The zero-order chi connectivity index (χ0) is 23.6. The van der Waals surface area contributed by atoms with Gasteiger partial charge in [0.05, 0.1) is 34.1 Å². The normalized spacial score (nSPS) is 25.8. The lowest BCUT2D eigenvalue weighted by Gasteiger charge is -2.24. The highest BCUT2D eigenvalue weighted by Crippen LogP contribution is 2.48. The molecule has 0 amide bonds. The Labute approximate surface area is 209 Å². The van der Waals surface area contributed by atoms with Crippen LogP contribution < -0.4 is 10.5 Å². The first-order valence-corrected chi connectivity index (χ1v) is 12.3. The van der Waals surface area contributed by atoms with Gasteiger partial charge in [0, 0.05) is 23.6 Å². The molecule has 1 aromatic carbocycles. The molecule has 2 N–H and O–H groups in total. The maximum absolute atomic E-state index is 6.35. The summed E-state index contributed by atoms with van der Waals surface area (Å²) in [5, 5.41) is 2.26. The molecule has 4 atom stereocenters. The number of rotatable bonds is 4. The van der Waals surface area contributed by atoms with E-state index in [9.17, 15) is 0 Å². The molecular weight excluding hydrogens is 522 g/mol. The Bertz CT molecular complexity index is 1410. The molecule has 1 aliphatic carbocycles. The van der Waals surface area contributed by atoms with Gasteiger partial charge in [-0.05, 0) is 60.5 Å². The minimum atomic E-state index is -0.667. The van der Waals surface area contributed by atoms with Gasteiger partial charge in [-0.1, -0.05) is 11.6 Å². The largest absolute Gasteiger partial charge is 0.493 e. The van der Waals surface area contributed by atoms with E-state index in [4.69, 9.17) is 31.5 Å². The van der Waals surface area contributed by atoms with Crippen LogP contribution in [0.15, 0.2) is 47.3 Å². The number of pyridine rings is 1. The molecule has 0 unspecified atom stereocenters. The molecule has 10 heteroatoms. The summed E-state index contributed by atoms with van der Waals surface area (Å²) >= 11 is 9.71. The van der Waals surface area contributed by atoms with Gasteiger partial charge in [0.15, 0.2) is 5.79 Å². The standard InChI is InChI=1S/C24H23BrClN5O3/c1-24(2)33-19-13(10-32-14-4-3-12-7-16(25)22(27)30-17(12)9-14)8-18(20(19)34-24)31-6-5-15-21(26)28-11-29-23(15)31/h3-7,9,11,13,18-20H,8,10H2,1-2H3,(H2,27,30)/t13-,18-,19-,20+/m1/s1. The Morgan fingerprint density at radius 1 is 1.21 bits per heavy atom. The number of aromatic nitrogens is 4. The molecule has 0 radical (unpaired) electrons. The van der Waals surface area contributed by atoms with Crippen LogP contribution in [0.3, 0.4) is 0 Å². The topological polar surface area (TPSA) is 97.3 Å². The lowest BCUT2D eigenvalue weighted by molar-refractivity contribution is -0.161. The van der Waals surface area contributed by atoms with Crippen molar-refractivity contribution in [2.24, 2.45) is 5.92 Å². The number of hydrogen-bond acceptors (Lipinski definition) is 7. The second-order valence-corrected chi connectivity index (χ2v) is 10.5. The maximum Gasteiger partial charge on any atom is 0.163 e. The first-order chi connectivity index (χ1) is 16.3. The molecule has 6 rings (SSSR count). The molecule has 34 heavy (non-hydrogen) atoms. The summed E-state index contributed by atoms with van der Waals surface area (Å²) in [4.78, 5) is 13.0. The number of anilines is 1. The van der Waals surface area contributed by atoms with Crippen molar-refractivity contribution in [1.29, 1.82) is 0 Å². The molecule has 0 spiro atoms. The minimum absolute atomic E-state index is 0.0410. The van der Waals surface area contributed by atoms with Crippen LogP contribution in [-0.4, -0.2) is 44.1 Å². The minimum Gasteiger partial charge on any atom is -0.493 e. The van der Waals surface area contributed by atoms with Crippen molar-refractivity contribution in [3.05, 3.63) is 52.5 Å². The van der Waals surface area contributed by atoms with Gasteiger partial charge < -0.3 is 24.5 Å². The fourth-order valence-electron chi connectivity index (χ4n) is 5.13. The van der Waals surface area contributed by atoms with E-state index in [1.165, 1.54) is 6.33 Å². The second kappa shape index (κ2) is 8.05. The quantitative estimate of drug-likeness (QED) is 0.355. The highest BCUT2D eigenvalue weighted by molar-refractivity contribution is 9.10. The Morgan fingerprint density at radius 3 is 2.88 bits per heavy atom. The van der Waals surface area contributed by atoms with Crippen LogP contribution in [0.5, 0.6) is 5.75 Å². The van der Waals surface area contributed by atoms with Crippen LogP contribution in [-0.2, 0) is 9.47 Å². The summed E-state index contributed by atoms with van der Waals surface area (Å²) in [5.74, 6) is 0.656. The van der Waals surface area contributed by atoms with E-state index in [1.807, 2.05) is 50.4 Å². The number of nitrogens with two attached hydrogens (primary N) is 1. The number of hydrogen-bond donors (Lipinski definition) is 1. The Morgan fingerprint density at radius 2 is 2.03 bits per heavy atom. The summed E-state index contributed by atoms with van der Waals surface area (Å²) in [6.07, 6.45) is 4.09. The molecule has 1 saturated heterocycles. The molecule has 4 aromatic rings. The molecule has 1 aliphatic heterocycles. The fourth-order valence-corrected chi connectivity index (χ4v) is 5.66. The summed E-state index contributed by atoms with van der Waals surface area (Å²) in [6.45, 7) is 4.39. The van der Waals surface area contributed by atoms with Crippen molar-refractivity contribution >= 4 is 55.3 Å².